The third-order valence-corrected chi connectivity index (χ3v) is 3.10. The molecular weight excluding hydrogens is 302 g/mol. The summed E-state index contributed by atoms with van der Waals surface area (Å²) in [5, 5.41) is 12.1. The Kier molecular flexibility index (Phi) is 3.59. The Labute approximate surface area is 128 Å². The maximum absolute atomic E-state index is 12.1. The van der Waals surface area contributed by atoms with Crippen LogP contribution in [0.4, 0.5) is 5.69 Å². The van der Waals surface area contributed by atoms with E-state index in [2.05, 4.69) is 15.3 Å². The summed E-state index contributed by atoms with van der Waals surface area (Å²) in [7, 11) is 0. The molecule has 0 saturated heterocycles. The lowest BCUT2D eigenvalue weighted by atomic mass is 10.1. The van der Waals surface area contributed by atoms with Gasteiger partial charge in [0.1, 0.15) is 6.67 Å². The molecule has 3 rings (SSSR count). The van der Waals surface area contributed by atoms with E-state index >= 15 is 0 Å². The normalized spacial score (nSPS) is 13.0. The molecule has 0 bridgehead atoms. The predicted octanol–water partition coefficient (Wildman–Crippen LogP) is -0.148. The van der Waals surface area contributed by atoms with Crippen molar-refractivity contribution >= 4 is 23.5 Å². The fourth-order valence-corrected chi connectivity index (χ4v) is 2.09. The molecule has 2 aromatic rings. The predicted molar refractivity (Wildman–Crippen MR) is 83.6 cm³/mol. The number of nitrogens with one attached hydrogen (secondary N) is 3. The third-order valence-electron chi connectivity index (χ3n) is 3.10. The molecule has 1 aliphatic rings. The maximum atomic E-state index is 12.1. The average Bonchev–Trinajstić information content (AvgIpc) is 3.00. The molecular formula is C14H11N5O4. The Morgan fingerprint density at radius 3 is 2.78 bits per heavy atom. The lowest BCUT2D eigenvalue weighted by Gasteiger charge is -2.07. The van der Waals surface area contributed by atoms with Crippen LogP contribution < -0.4 is 16.6 Å². The van der Waals surface area contributed by atoms with Crippen molar-refractivity contribution in [3.05, 3.63) is 56.2 Å². The van der Waals surface area contributed by atoms with Gasteiger partial charge in [-0.2, -0.15) is 0 Å². The van der Waals surface area contributed by atoms with E-state index in [0.29, 0.717) is 18.1 Å². The molecule has 1 aromatic heterocycles. The number of benzene rings is 1. The van der Waals surface area contributed by atoms with Gasteiger partial charge in [-0.05, 0) is 12.1 Å². The van der Waals surface area contributed by atoms with Crippen LogP contribution >= 0.6 is 0 Å². The minimum absolute atomic E-state index is 0.368. The Morgan fingerprint density at radius 1 is 1.26 bits per heavy atom. The van der Waals surface area contributed by atoms with Gasteiger partial charge in [-0.1, -0.05) is 12.1 Å². The van der Waals surface area contributed by atoms with Gasteiger partial charge in [0.25, 0.3) is 11.5 Å². The summed E-state index contributed by atoms with van der Waals surface area (Å²) in [5.41, 5.74) is -0.610. The Balaban J connectivity index is 1.89. The van der Waals surface area contributed by atoms with Crippen molar-refractivity contribution in [2.24, 2.45) is 9.98 Å². The quantitative estimate of drug-likeness (QED) is 0.625. The molecule has 9 heteroatoms. The van der Waals surface area contributed by atoms with Gasteiger partial charge in [-0.3, -0.25) is 29.5 Å². The number of aliphatic imine (C=N–C) groups is 2. The van der Waals surface area contributed by atoms with Gasteiger partial charge >= 0.3 is 5.69 Å². The van der Waals surface area contributed by atoms with Crippen molar-refractivity contribution in [3.8, 4) is 5.88 Å². The second-order valence-electron chi connectivity index (χ2n) is 4.66. The molecule has 0 radical (unpaired) electrons. The fourth-order valence-electron chi connectivity index (χ4n) is 2.09. The van der Waals surface area contributed by atoms with Crippen LogP contribution in [-0.2, 0) is 0 Å². The first kappa shape index (κ1) is 14.4. The van der Waals surface area contributed by atoms with Crippen LogP contribution in [-0.4, -0.2) is 39.6 Å². The molecule has 4 N–H and O–H groups in total. The van der Waals surface area contributed by atoms with E-state index < -0.39 is 28.6 Å². The number of rotatable bonds is 3. The topological polar surface area (TPSA) is 140 Å². The first-order chi connectivity index (χ1) is 11.0. The third kappa shape index (κ3) is 2.93. The molecule has 1 aliphatic heterocycles. The molecule has 0 spiro atoms. The Bertz CT molecular complexity index is 954. The fraction of sp³-hybridized carbons (Fsp3) is 0.0714. The molecule has 2 heterocycles. The molecule has 0 saturated carbocycles. The summed E-state index contributed by atoms with van der Waals surface area (Å²) < 4.78 is 0. The molecule has 0 atom stereocenters. The Morgan fingerprint density at radius 2 is 2.09 bits per heavy atom. The number of aromatic hydroxyl groups is 1. The molecule has 116 valence electrons. The highest BCUT2D eigenvalue weighted by Crippen LogP contribution is 2.15. The van der Waals surface area contributed by atoms with Crippen molar-refractivity contribution in [2.75, 3.05) is 12.0 Å². The van der Waals surface area contributed by atoms with E-state index in [0.717, 1.165) is 5.56 Å². The van der Waals surface area contributed by atoms with E-state index in [1.807, 2.05) is 9.97 Å². The van der Waals surface area contributed by atoms with Gasteiger partial charge in [0.2, 0.25) is 5.88 Å². The Hall–Kier alpha value is -3.49. The number of carbonyl (C=O) groups excluding carboxylic acids is 1. The van der Waals surface area contributed by atoms with Gasteiger partial charge in [-0.15, -0.1) is 0 Å². The lowest BCUT2D eigenvalue weighted by Crippen LogP contribution is -2.30. The molecule has 0 unspecified atom stereocenters. The second kappa shape index (κ2) is 5.72. The van der Waals surface area contributed by atoms with Crippen molar-refractivity contribution in [1.29, 1.82) is 0 Å². The number of hydrogen-bond donors (Lipinski definition) is 4. The van der Waals surface area contributed by atoms with Crippen molar-refractivity contribution < 1.29 is 9.90 Å². The molecule has 0 fully saturated rings. The molecule has 1 aromatic carbocycles. The summed E-state index contributed by atoms with van der Waals surface area (Å²) in [6, 6.07) is 6.78. The first-order valence-corrected chi connectivity index (χ1v) is 6.56. The summed E-state index contributed by atoms with van der Waals surface area (Å²) in [6.07, 6.45) is 1.62. The van der Waals surface area contributed by atoms with E-state index in [1.165, 1.54) is 0 Å². The molecule has 9 nitrogen and oxygen atoms in total. The second-order valence-corrected chi connectivity index (χ2v) is 4.66. The number of aromatic nitrogens is 2. The van der Waals surface area contributed by atoms with Gasteiger partial charge in [0.05, 0.1) is 5.71 Å². The number of aromatic amines is 2. The van der Waals surface area contributed by atoms with Crippen molar-refractivity contribution in [2.45, 2.75) is 0 Å². The zero-order chi connectivity index (χ0) is 16.4. The van der Waals surface area contributed by atoms with Gasteiger partial charge in [0, 0.05) is 17.5 Å². The molecule has 0 aliphatic carbocycles. The van der Waals surface area contributed by atoms with E-state index in [-0.39, 0.29) is 0 Å². The minimum atomic E-state index is -0.979. The lowest BCUT2D eigenvalue weighted by molar-refractivity contribution is 0.102. The number of H-pyrrole nitrogens is 2. The standard InChI is InChI=1S/C14H11N5O4/c20-11(10-12(21)18-14(23)19-13(10)22)17-8-3-1-2-7(4-8)9-5-15-6-16-9/h1-5H,6H2,(H,17,20)(H3,18,19,21,22,23). The average molecular weight is 313 g/mol. The molecule has 1 amide bonds. The first-order valence-electron chi connectivity index (χ1n) is 6.56. The van der Waals surface area contributed by atoms with Crippen LogP contribution in [0, 0.1) is 0 Å². The van der Waals surface area contributed by atoms with E-state index in [1.54, 1.807) is 30.5 Å². The van der Waals surface area contributed by atoms with Crippen molar-refractivity contribution in [3.63, 3.8) is 0 Å². The summed E-state index contributed by atoms with van der Waals surface area (Å²) >= 11 is 0. The van der Waals surface area contributed by atoms with Crippen molar-refractivity contribution in [1.82, 2.24) is 9.97 Å². The minimum Gasteiger partial charge on any atom is -0.494 e. The van der Waals surface area contributed by atoms with Crippen LogP contribution in [0.15, 0.2) is 43.8 Å². The highest BCUT2D eigenvalue weighted by molar-refractivity contribution is 6.39. The maximum Gasteiger partial charge on any atom is 0.328 e. The zero-order valence-electron chi connectivity index (χ0n) is 11.7. The molecule has 23 heavy (non-hydrogen) atoms. The largest absolute Gasteiger partial charge is 0.494 e. The van der Waals surface area contributed by atoms with Gasteiger partial charge < -0.3 is 10.4 Å². The van der Waals surface area contributed by atoms with Crippen LogP contribution in [0.1, 0.15) is 15.9 Å². The van der Waals surface area contributed by atoms with Crippen LogP contribution in [0.25, 0.3) is 0 Å². The smallest absolute Gasteiger partial charge is 0.328 e. The number of hydrogen-bond acceptors (Lipinski definition) is 6. The number of anilines is 1. The summed E-state index contributed by atoms with van der Waals surface area (Å²) in [5.74, 6) is -1.64. The number of carbonyl (C=O) groups is 1. The SMILES string of the molecule is O=C(Nc1cccc(C2=NCN=C2)c1)c1c(O)[nH]c(=O)[nH]c1=O. The van der Waals surface area contributed by atoms with Crippen LogP contribution in [0.5, 0.6) is 5.88 Å². The van der Waals surface area contributed by atoms with Gasteiger partial charge in [-0.25, -0.2) is 4.79 Å². The van der Waals surface area contributed by atoms with Crippen LogP contribution in [0.2, 0.25) is 0 Å². The number of amides is 1. The number of nitrogens with zero attached hydrogens (tertiary/aromatic N) is 2. The highest BCUT2D eigenvalue weighted by Gasteiger charge is 2.18. The monoisotopic (exact) mass is 313 g/mol. The van der Waals surface area contributed by atoms with E-state index in [4.69, 9.17) is 0 Å². The summed E-state index contributed by atoms with van der Waals surface area (Å²) in [4.78, 5) is 46.8. The highest BCUT2D eigenvalue weighted by atomic mass is 16.3. The summed E-state index contributed by atoms with van der Waals surface area (Å²) in [6.45, 7) is 0.368. The van der Waals surface area contributed by atoms with E-state index in [9.17, 15) is 19.5 Å². The van der Waals surface area contributed by atoms with Crippen LogP contribution in [0.3, 0.4) is 0 Å². The zero-order valence-corrected chi connectivity index (χ0v) is 11.7. The van der Waals surface area contributed by atoms with Gasteiger partial charge in [0.15, 0.2) is 5.56 Å².